The molecule has 1 heterocycles. The molecule has 0 aliphatic carbocycles. The van der Waals surface area contributed by atoms with E-state index in [1.807, 2.05) is 19.9 Å². The third-order valence-corrected chi connectivity index (χ3v) is 1.42. The fourth-order valence-electron chi connectivity index (χ4n) is 0.947. The van der Waals surface area contributed by atoms with Crippen molar-refractivity contribution in [2.24, 2.45) is 5.73 Å². The molecular formula is C10H16N2O2. The summed E-state index contributed by atoms with van der Waals surface area (Å²) in [4.78, 5) is 4.15. The van der Waals surface area contributed by atoms with E-state index in [1.165, 1.54) is 0 Å². The Bertz CT molecular complexity index is 277. The maximum atomic E-state index is 5.41. The van der Waals surface area contributed by atoms with E-state index in [4.69, 9.17) is 15.2 Å². The monoisotopic (exact) mass is 196 g/mol. The molecule has 1 aromatic heterocycles. The number of hydrogen-bond acceptors (Lipinski definition) is 4. The lowest BCUT2D eigenvalue weighted by molar-refractivity contribution is 0.227. The van der Waals surface area contributed by atoms with Gasteiger partial charge in [-0.05, 0) is 13.8 Å². The van der Waals surface area contributed by atoms with Crippen molar-refractivity contribution in [2.45, 2.75) is 20.0 Å². The first-order valence-corrected chi connectivity index (χ1v) is 4.69. The van der Waals surface area contributed by atoms with Gasteiger partial charge in [0.25, 0.3) is 0 Å². The van der Waals surface area contributed by atoms with Crippen LogP contribution < -0.4 is 15.2 Å². The Morgan fingerprint density at radius 3 is 2.71 bits per heavy atom. The molecule has 0 spiro atoms. The van der Waals surface area contributed by atoms with Gasteiger partial charge in [0.1, 0.15) is 6.61 Å². The number of nitrogens with zero attached hydrogens (tertiary/aromatic N) is 1. The normalized spacial score (nSPS) is 10.3. The molecule has 0 aromatic carbocycles. The molecule has 0 amide bonds. The first kappa shape index (κ1) is 10.8. The summed E-state index contributed by atoms with van der Waals surface area (Å²) in [5, 5.41) is 0. The number of rotatable bonds is 5. The van der Waals surface area contributed by atoms with Gasteiger partial charge in [-0.1, -0.05) is 6.07 Å². The molecule has 0 atom stereocenters. The summed E-state index contributed by atoms with van der Waals surface area (Å²) in [5.41, 5.74) is 5.31. The van der Waals surface area contributed by atoms with E-state index in [2.05, 4.69) is 4.98 Å². The number of aromatic nitrogens is 1. The van der Waals surface area contributed by atoms with Crippen molar-refractivity contribution in [3.63, 3.8) is 0 Å². The van der Waals surface area contributed by atoms with Crippen LogP contribution in [0.25, 0.3) is 0 Å². The van der Waals surface area contributed by atoms with Gasteiger partial charge in [0, 0.05) is 18.7 Å². The van der Waals surface area contributed by atoms with Crippen LogP contribution in [-0.2, 0) is 0 Å². The molecule has 1 aromatic rings. The van der Waals surface area contributed by atoms with Crippen LogP contribution in [0, 0.1) is 0 Å². The van der Waals surface area contributed by atoms with Crippen molar-refractivity contribution in [3.8, 4) is 11.8 Å². The summed E-state index contributed by atoms with van der Waals surface area (Å²) < 4.78 is 10.7. The largest absolute Gasteiger partial charge is 0.476 e. The molecule has 4 nitrogen and oxygen atoms in total. The lowest BCUT2D eigenvalue weighted by Crippen LogP contribution is -2.12. The minimum Gasteiger partial charge on any atom is -0.476 e. The highest BCUT2D eigenvalue weighted by atomic mass is 16.5. The zero-order valence-electron chi connectivity index (χ0n) is 8.56. The predicted molar refractivity (Wildman–Crippen MR) is 54.6 cm³/mol. The highest BCUT2D eigenvalue weighted by Crippen LogP contribution is 2.14. The second kappa shape index (κ2) is 5.44. The molecule has 2 N–H and O–H groups in total. The molecule has 78 valence electrons. The lowest BCUT2D eigenvalue weighted by Gasteiger charge is -2.09. The zero-order chi connectivity index (χ0) is 10.4. The van der Waals surface area contributed by atoms with Gasteiger partial charge in [0.2, 0.25) is 11.8 Å². The molecular weight excluding hydrogens is 180 g/mol. The van der Waals surface area contributed by atoms with Crippen LogP contribution in [-0.4, -0.2) is 24.2 Å². The van der Waals surface area contributed by atoms with Gasteiger partial charge >= 0.3 is 0 Å². The van der Waals surface area contributed by atoms with Crippen LogP contribution in [0.1, 0.15) is 13.8 Å². The van der Waals surface area contributed by atoms with Crippen LogP contribution in [0.2, 0.25) is 0 Å². The number of nitrogens with two attached hydrogens (primary N) is 1. The maximum absolute atomic E-state index is 5.41. The Morgan fingerprint density at radius 1 is 1.36 bits per heavy atom. The summed E-state index contributed by atoms with van der Waals surface area (Å²) >= 11 is 0. The molecule has 0 radical (unpaired) electrons. The fraction of sp³-hybridized carbons (Fsp3) is 0.500. The van der Waals surface area contributed by atoms with Gasteiger partial charge in [-0.3, -0.25) is 0 Å². The van der Waals surface area contributed by atoms with Gasteiger partial charge < -0.3 is 15.2 Å². The van der Waals surface area contributed by atoms with Gasteiger partial charge in [0.05, 0.1) is 6.10 Å². The molecule has 0 aliphatic rings. The lowest BCUT2D eigenvalue weighted by atomic mass is 10.4. The van der Waals surface area contributed by atoms with Crippen LogP contribution >= 0.6 is 0 Å². The van der Waals surface area contributed by atoms with Gasteiger partial charge in [0.15, 0.2) is 0 Å². The second-order valence-electron chi connectivity index (χ2n) is 3.12. The molecule has 4 heteroatoms. The van der Waals surface area contributed by atoms with E-state index in [0.29, 0.717) is 24.9 Å². The minimum absolute atomic E-state index is 0.118. The summed E-state index contributed by atoms with van der Waals surface area (Å²) in [6.45, 7) is 4.86. The van der Waals surface area contributed by atoms with E-state index >= 15 is 0 Å². The first-order chi connectivity index (χ1) is 6.72. The molecule has 0 bridgehead atoms. The summed E-state index contributed by atoms with van der Waals surface area (Å²) in [6, 6.07) is 5.43. The van der Waals surface area contributed by atoms with Crippen LogP contribution in [0.3, 0.4) is 0 Å². The van der Waals surface area contributed by atoms with Crippen molar-refractivity contribution in [2.75, 3.05) is 13.2 Å². The topological polar surface area (TPSA) is 57.4 Å². The maximum Gasteiger partial charge on any atom is 0.216 e. The van der Waals surface area contributed by atoms with Crippen molar-refractivity contribution < 1.29 is 9.47 Å². The molecule has 1 rings (SSSR count). The summed E-state index contributed by atoms with van der Waals surface area (Å²) in [6.07, 6.45) is 0.118. The quantitative estimate of drug-likeness (QED) is 0.769. The van der Waals surface area contributed by atoms with Crippen LogP contribution in [0.4, 0.5) is 0 Å². The zero-order valence-corrected chi connectivity index (χ0v) is 8.56. The molecule has 0 saturated heterocycles. The molecule has 14 heavy (non-hydrogen) atoms. The molecule has 0 fully saturated rings. The Kier molecular flexibility index (Phi) is 4.19. The van der Waals surface area contributed by atoms with Crippen LogP contribution in [0.15, 0.2) is 18.2 Å². The summed E-state index contributed by atoms with van der Waals surface area (Å²) in [7, 11) is 0. The van der Waals surface area contributed by atoms with Gasteiger partial charge in [-0.15, -0.1) is 0 Å². The van der Waals surface area contributed by atoms with Crippen molar-refractivity contribution in [1.82, 2.24) is 4.98 Å². The highest BCUT2D eigenvalue weighted by molar-refractivity contribution is 5.19. The molecule has 0 unspecified atom stereocenters. The summed E-state index contributed by atoms with van der Waals surface area (Å²) in [5.74, 6) is 1.13. The Hall–Kier alpha value is -1.29. The Labute approximate surface area is 84.0 Å². The number of hydrogen-bond donors (Lipinski definition) is 1. The number of pyridine rings is 1. The fourth-order valence-corrected chi connectivity index (χ4v) is 0.947. The molecule has 0 saturated carbocycles. The third kappa shape index (κ3) is 3.62. The number of ether oxygens (including phenoxy) is 2. The van der Waals surface area contributed by atoms with E-state index in [9.17, 15) is 0 Å². The van der Waals surface area contributed by atoms with Gasteiger partial charge in [-0.25, -0.2) is 0 Å². The van der Waals surface area contributed by atoms with E-state index in [-0.39, 0.29) is 6.10 Å². The predicted octanol–water partition coefficient (Wildman–Crippen LogP) is 1.21. The highest BCUT2D eigenvalue weighted by Gasteiger charge is 2.00. The van der Waals surface area contributed by atoms with E-state index < -0.39 is 0 Å². The minimum atomic E-state index is 0.118. The smallest absolute Gasteiger partial charge is 0.216 e. The SMILES string of the molecule is CC(C)Oc1cccc(OCCN)n1. The first-order valence-electron chi connectivity index (χ1n) is 4.69. The Morgan fingerprint density at radius 2 is 2.07 bits per heavy atom. The van der Waals surface area contributed by atoms with Crippen molar-refractivity contribution in [1.29, 1.82) is 0 Å². The van der Waals surface area contributed by atoms with Crippen molar-refractivity contribution in [3.05, 3.63) is 18.2 Å². The standard InChI is InChI=1S/C10H16N2O2/c1-8(2)14-10-5-3-4-9(12-10)13-7-6-11/h3-5,8H,6-7,11H2,1-2H3. The third-order valence-electron chi connectivity index (χ3n) is 1.42. The second-order valence-corrected chi connectivity index (χ2v) is 3.12. The average Bonchev–Trinajstić information content (AvgIpc) is 2.14. The van der Waals surface area contributed by atoms with Gasteiger partial charge in [-0.2, -0.15) is 4.98 Å². The van der Waals surface area contributed by atoms with E-state index in [0.717, 1.165) is 0 Å². The average molecular weight is 196 g/mol. The van der Waals surface area contributed by atoms with Crippen LogP contribution in [0.5, 0.6) is 11.8 Å². The van der Waals surface area contributed by atoms with E-state index in [1.54, 1.807) is 12.1 Å². The molecule has 0 aliphatic heterocycles. The Balaban J connectivity index is 2.59. The van der Waals surface area contributed by atoms with Crippen molar-refractivity contribution >= 4 is 0 Å².